The van der Waals surface area contributed by atoms with Crippen LogP contribution in [-0.4, -0.2) is 47.9 Å². The molecule has 0 aromatic heterocycles. The van der Waals surface area contributed by atoms with E-state index in [0.717, 1.165) is 39.0 Å². The van der Waals surface area contributed by atoms with Crippen molar-refractivity contribution in [1.82, 2.24) is 9.80 Å². The number of halogens is 1. The smallest absolute Gasteiger partial charge is 0.227 e. The zero-order valence-electron chi connectivity index (χ0n) is 12.4. The highest BCUT2D eigenvalue weighted by Gasteiger charge is 2.30. The molecule has 0 unspecified atom stereocenters. The maximum absolute atomic E-state index is 13.7. The molecule has 2 aliphatic heterocycles. The van der Waals surface area contributed by atoms with Crippen molar-refractivity contribution in [2.75, 3.05) is 26.2 Å². The number of hydrogen-bond donors (Lipinski definition) is 0. The van der Waals surface area contributed by atoms with E-state index in [1.54, 1.807) is 18.2 Å². The zero-order valence-corrected chi connectivity index (χ0v) is 12.4. The molecule has 0 radical (unpaired) electrons. The number of hydrogen-bond acceptors (Lipinski definition) is 2. The van der Waals surface area contributed by atoms with Crippen LogP contribution in [0.2, 0.25) is 0 Å². The van der Waals surface area contributed by atoms with Crippen LogP contribution in [0, 0.1) is 5.82 Å². The van der Waals surface area contributed by atoms with E-state index in [1.165, 1.54) is 18.9 Å². The van der Waals surface area contributed by atoms with Crippen molar-refractivity contribution in [1.29, 1.82) is 0 Å². The van der Waals surface area contributed by atoms with E-state index in [4.69, 9.17) is 0 Å². The van der Waals surface area contributed by atoms with Crippen LogP contribution in [0.15, 0.2) is 24.3 Å². The number of benzene rings is 1. The minimum atomic E-state index is -0.277. The number of carbonyl (C=O) groups excluding carboxylic acids is 1. The standard InChI is InChI=1S/C17H23FN2O/c18-16-8-2-1-6-14(16)12-17(21)20-11-5-7-15(20)13-19-9-3-4-10-19/h1-2,6,8,15H,3-5,7,9-13H2/t15-/m1/s1. The summed E-state index contributed by atoms with van der Waals surface area (Å²) >= 11 is 0. The number of likely N-dealkylation sites (tertiary alicyclic amines) is 2. The summed E-state index contributed by atoms with van der Waals surface area (Å²) in [5.41, 5.74) is 0.509. The number of amides is 1. The Balaban J connectivity index is 1.61. The summed E-state index contributed by atoms with van der Waals surface area (Å²) in [7, 11) is 0. The van der Waals surface area contributed by atoms with Crippen LogP contribution in [0.1, 0.15) is 31.2 Å². The number of rotatable bonds is 4. The summed E-state index contributed by atoms with van der Waals surface area (Å²) in [5, 5.41) is 0. The lowest BCUT2D eigenvalue weighted by Crippen LogP contribution is -2.43. The SMILES string of the molecule is O=C(Cc1ccccc1F)N1CCC[C@@H]1CN1CCCC1. The van der Waals surface area contributed by atoms with E-state index in [-0.39, 0.29) is 18.1 Å². The minimum Gasteiger partial charge on any atom is -0.338 e. The Hall–Kier alpha value is -1.42. The molecule has 114 valence electrons. The van der Waals surface area contributed by atoms with Gasteiger partial charge in [0, 0.05) is 19.1 Å². The molecule has 21 heavy (non-hydrogen) atoms. The number of carbonyl (C=O) groups is 1. The molecule has 0 spiro atoms. The topological polar surface area (TPSA) is 23.6 Å². The number of nitrogens with zero attached hydrogens (tertiary/aromatic N) is 2. The first-order valence-corrected chi connectivity index (χ1v) is 7.99. The van der Waals surface area contributed by atoms with Gasteiger partial charge in [0.15, 0.2) is 0 Å². The lowest BCUT2D eigenvalue weighted by Gasteiger charge is -2.28. The monoisotopic (exact) mass is 290 g/mol. The minimum absolute atomic E-state index is 0.0711. The third kappa shape index (κ3) is 3.43. The Bertz CT molecular complexity index is 499. The average Bonchev–Trinajstić information content (AvgIpc) is 3.13. The Morgan fingerprint density at radius 2 is 1.90 bits per heavy atom. The Morgan fingerprint density at radius 3 is 2.67 bits per heavy atom. The van der Waals surface area contributed by atoms with E-state index in [1.807, 2.05) is 4.90 Å². The Kier molecular flexibility index (Phi) is 4.54. The predicted molar refractivity (Wildman–Crippen MR) is 80.5 cm³/mol. The second-order valence-electron chi connectivity index (χ2n) is 6.16. The molecule has 3 rings (SSSR count). The molecule has 1 amide bonds. The molecule has 4 heteroatoms. The van der Waals surface area contributed by atoms with Crippen molar-refractivity contribution in [3.8, 4) is 0 Å². The van der Waals surface area contributed by atoms with Crippen LogP contribution in [0.5, 0.6) is 0 Å². The van der Waals surface area contributed by atoms with Crippen molar-refractivity contribution in [3.05, 3.63) is 35.6 Å². The summed E-state index contributed by atoms with van der Waals surface area (Å²) in [4.78, 5) is 16.9. The predicted octanol–water partition coefficient (Wildman–Crippen LogP) is 2.46. The molecule has 3 nitrogen and oxygen atoms in total. The van der Waals surface area contributed by atoms with E-state index < -0.39 is 0 Å². The molecule has 1 atom stereocenters. The summed E-state index contributed by atoms with van der Waals surface area (Å²) in [6.45, 7) is 4.13. The third-order valence-electron chi connectivity index (χ3n) is 4.66. The first kappa shape index (κ1) is 14.5. The molecule has 0 aliphatic carbocycles. The summed E-state index contributed by atoms with van der Waals surface area (Å²) < 4.78 is 13.7. The third-order valence-corrected chi connectivity index (χ3v) is 4.66. The van der Waals surface area contributed by atoms with Gasteiger partial charge < -0.3 is 9.80 Å². The van der Waals surface area contributed by atoms with Gasteiger partial charge in [-0.05, 0) is 50.4 Å². The zero-order chi connectivity index (χ0) is 14.7. The molecule has 0 saturated carbocycles. The van der Waals surface area contributed by atoms with E-state index >= 15 is 0 Å². The second kappa shape index (κ2) is 6.56. The maximum atomic E-state index is 13.7. The Labute approximate surface area is 125 Å². The molecule has 2 aliphatic rings. The molecular formula is C17H23FN2O. The average molecular weight is 290 g/mol. The van der Waals surface area contributed by atoms with E-state index in [0.29, 0.717) is 11.6 Å². The highest BCUT2D eigenvalue weighted by Crippen LogP contribution is 2.22. The van der Waals surface area contributed by atoms with Gasteiger partial charge in [-0.2, -0.15) is 0 Å². The quantitative estimate of drug-likeness (QED) is 0.850. The fraction of sp³-hybridized carbons (Fsp3) is 0.588. The van der Waals surface area contributed by atoms with Crippen LogP contribution in [0.25, 0.3) is 0 Å². The molecule has 2 heterocycles. The van der Waals surface area contributed by atoms with Crippen molar-refractivity contribution >= 4 is 5.91 Å². The van der Waals surface area contributed by atoms with Crippen LogP contribution in [0.3, 0.4) is 0 Å². The van der Waals surface area contributed by atoms with Gasteiger partial charge in [0.2, 0.25) is 5.91 Å². The summed E-state index contributed by atoms with van der Waals surface area (Å²) in [6.07, 6.45) is 4.88. The van der Waals surface area contributed by atoms with Gasteiger partial charge in [-0.15, -0.1) is 0 Å². The van der Waals surface area contributed by atoms with Gasteiger partial charge >= 0.3 is 0 Å². The molecule has 0 bridgehead atoms. The first-order chi connectivity index (χ1) is 10.2. The van der Waals surface area contributed by atoms with Crippen LogP contribution in [-0.2, 0) is 11.2 Å². The van der Waals surface area contributed by atoms with Gasteiger partial charge in [0.1, 0.15) is 5.82 Å². The van der Waals surface area contributed by atoms with Crippen LogP contribution >= 0.6 is 0 Å². The lowest BCUT2D eigenvalue weighted by atomic mass is 10.1. The lowest BCUT2D eigenvalue weighted by molar-refractivity contribution is -0.131. The second-order valence-corrected chi connectivity index (χ2v) is 6.16. The van der Waals surface area contributed by atoms with Gasteiger partial charge in [-0.1, -0.05) is 18.2 Å². The van der Waals surface area contributed by atoms with E-state index in [9.17, 15) is 9.18 Å². The Morgan fingerprint density at radius 1 is 1.14 bits per heavy atom. The van der Waals surface area contributed by atoms with Gasteiger partial charge in [0.05, 0.1) is 6.42 Å². The molecule has 1 aromatic rings. The van der Waals surface area contributed by atoms with E-state index in [2.05, 4.69) is 4.90 Å². The molecular weight excluding hydrogens is 267 g/mol. The van der Waals surface area contributed by atoms with Crippen molar-refractivity contribution in [2.45, 2.75) is 38.1 Å². The fourth-order valence-corrected chi connectivity index (χ4v) is 3.52. The normalized spacial score (nSPS) is 22.9. The van der Waals surface area contributed by atoms with Gasteiger partial charge in [-0.25, -0.2) is 4.39 Å². The van der Waals surface area contributed by atoms with Crippen LogP contribution < -0.4 is 0 Å². The molecule has 2 fully saturated rings. The summed E-state index contributed by atoms with van der Waals surface area (Å²) in [6, 6.07) is 6.90. The summed E-state index contributed by atoms with van der Waals surface area (Å²) in [5.74, 6) is -0.206. The fourth-order valence-electron chi connectivity index (χ4n) is 3.52. The molecule has 0 N–H and O–H groups in total. The van der Waals surface area contributed by atoms with Gasteiger partial charge in [-0.3, -0.25) is 4.79 Å². The van der Waals surface area contributed by atoms with Crippen molar-refractivity contribution < 1.29 is 9.18 Å². The maximum Gasteiger partial charge on any atom is 0.227 e. The van der Waals surface area contributed by atoms with Crippen LogP contribution in [0.4, 0.5) is 4.39 Å². The van der Waals surface area contributed by atoms with Gasteiger partial charge in [0.25, 0.3) is 0 Å². The molecule has 2 saturated heterocycles. The molecule has 1 aromatic carbocycles. The highest BCUT2D eigenvalue weighted by molar-refractivity contribution is 5.79. The van der Waals surface area contributed by atoms with Crippen molar-refractivity contribution in [2.24, 2.45) is 0 Å². The van der Waals surface area contributed by atoms with Crippen molar-refractivity contribution in [3.63, 3.8) is 0 Å². The highest BCUT2D eigenvalue weighted by atomic mass is 19.1. The largest absolute Gasteiger partial charge is 0.338 e. The first-order valence-electron chi connectivity index (χ1n) is 7.99.